The van der Waals surface area contributed by atoms with Crippen molar-refractivity contribution in [3.63, 3.8) is 0 Å². The van der Waals surface area contributed by atoms with E-state index < -0.39 is 0 Å². The molecule has 2 aromatic rings. The third-order valence-electron chi connectivity index (χ3n) is 7.49. The third-order valence-corrected chi connectivity index (χ3v) is 7.49. The maximum absolute atomic E-state index is 13.6. The van der Waals surface area contributed by atoms with Crippen molar-refractivity contribution in [2.24, 2.45) is 0 Å². The summed E-state index contributed by atoms with van der Waals surface area (Å²) < 4.78 is 0. The summed E-state index contributed by atoms with van der Waals surface area (Å²) in [6, 6.07) is 20.5. The molecule has 3 aliphatic rings. The third kappa shape index (κ3) is 4.87. The molecule has 0 aromatic heterocycles. The number of para-hydroxylation sites is 1. The van der Waals surface area contributed by atoms with Gasteiger partial charge in [-0.3, -0.25) is 9.80 Å². The van der Waals surface area contributed by atoms with Crippen molar-refractivity contribution < 1.29 is 4.79 Å². The standard InChI is InChI=1S/C27H37N5O/c1-22(2)29-13-15-30(16-14-29)27(33)31-19-24-10-6-7-11-26(24)32-17-12-28(20-25(32)21-31)18-23-8-4-3-5-9-23/h3-11,22,25H,12-21H2,1-2H3. The minimum absolute atomic E-state index is 0.204. The first kappa shape index (κ1) is 22.2. The summed E-state index contributed by atoms with van der Waals surface area (Å²) in [6.07, 6.45) is 0. The van der Waals surface area contributed by atoms with E-state index in [-0.39, 0.29) is 6.03 Å². The van der Waals surface area contributed by atoms with Crippen LogP contribution in [0.5, 0.6) is 0 Å². The predicted molar refractivity (Wildman–Crippen MR) is 133 cm³/mol. The van der Waals surface area contributed by atoms with Gasteiger partial charge in [0.15, 0.2) is 0 Å². The molecule has 3 aliphatic heterocycles. The maximum atomic E-state index is 13.6. The fraction of sp³-hybridized carbons (Fsp3) is 0.519. The quantitative estimate of drug-likeness (QED) is 0.723. The van der Waals surface area contributed by atoms with Crippen LogP contribution in [0.4, 0.5) is 10.5 Å². The van der Waals surface area contributed by atoms with Crippen LogP contribution in [0.1, 0.15) is 25.0 Å². The lowest BCUT2D eigenvalue weighted by atomic mass is 10.1. The second-order valence-electron chi connectivity index (χ2n) is 9.98. The minimum Gasteiger partial charge on any atom is -0.364 e. The van der Waals surface area contributed by atoms with E-state index in [1.54, 1.807) is 0 Å². The molecule has 0 N–H and O–H groups in total. The molecular weight excluding hydrogens is 410 g/mol. The van der Waals surface area contributed by atoms with Gasteiger partial charge in [-0.25, -0.2) is 4.79 Å². The first-order valence-electron chi connectivity index (χ1n) is 12.5. The lowest BCUT2D eigenvalue weighted by Crippen LogP contribution is -2.58. The molecule has 2 saturated heterocycles. The summed E-state index contributed by atoms with van der Waals surface area (Å²) in [5.41, 5.74) is 3.93. The molecule has 0 bridgehead atoms. The number of carbonyl (C=O) groups is 1. The van der Waals surface area contributed by atoms with Crippen LogP contribution in [0.25, 0.3) is 0 Å². The monoisotopic (exact) mass is 447 g/mol. The van der Waals surface area contributed by atoms with Gasteiger partial charge >= 0.3 is 6.03 Å². The molecule has 0 radical (unpaired) electrons. The SMILES string of the molecule is CC(C)N1CCN(C(=O)N2Cc3ccccc3N3CCN(Cc4ccccc4)CC3C2)CC1. The molecule has 1 unspecified atom stereocenters. The van der Waals surface area contributed by atoms with Gasteiger partial charge in [0.2, 0.25) is 0 Å². The van der Waals surface area contributed by atoms with E-state index in [2.05, 4.69) is 92.9 Å². The Morgan fingerprint density at radius 2 is 1.58 bits per heavy atom. The Morgan fingerprint density at radius 3 is 2.33 bits per heavy atom. The van der Waals surface area contributed by atoms with E-state index in [0.717, 1.165) is 58.9 Å². The molecule has 1 atom stereocenters. The highest BCUT2D eigenvalue weighted by Gasteiger charge is 2.36. The molecular formula is C27H37N5O. The number of urea groups is 1. The molecule has 6 nitrogen and oxygen atoms in total. The lowest BCUT2D eigenvalue weighted by molar-refractivity contribution is 0.0937. The zero-order chi connectivity index (χ0) is 22.8. The number of rotatable bonds is 3. The molecule has 0 saturated carbocycles. The average Bonchev–Trinajstić information content (AvgIpc) is 3.01. The van der Waals surface area contributed by atoms with Gasteiger partial charge in [-0.2, -0.15) is 0 Å². The lowest BCUT2D eigenvalue weighted by Gasteiger charge is -2.44. The van der Waals surface area contributed by atoms with E-state index in [0.29, 0.717) is 18.6 Å². The van der Waals surface area contributed by atoms with Crippen molar-refractivity contribution in [1.82, 2.24) is 19.6 Å². The van der Waals surface area contributed by atoms with Crippen LogP contribution in [0.3, 0.4) is 0 Å². The van der Waals surface area contributed by atoms with E-state index in [4.69, 9.17) is 0 Å². The molecule has 6 heteroatoms. The van der Waals surface area contributed by atoms with E-state index in [1.165, 1.54) is 16.8 Å². The van der Waals surface area contributed by atoms with Crippen LogP contribution < -0.4 is 4.90 Å². The number of amides is 2. The van der Waals surface area contributed by atoms with Gasteiger partial charge in [-0.1, -0.05) is 48.5 Å². The van der Waals surface area contributed by atoms with Crippen molar-refractivity contribution in [3.05, 3.63) is 65.7 Å². The number of benzene rings is 2. The molecule has 0 spiro atoms. The van der Waals surface area contributed by atoms with E-state index in [1.807, 2.05) is 0 Å². The first-order valence-corrected chi connectivity index (χ1v) is 12.5. The van der Waals surface area contributed by atoms with E-state index in [9.17, 15) is 4.79 Å². The zero-order valence-corrected chi connectivity index (χ0v) is 20.1. The highest BCUT2D eigenvalue weighted by molar-refractivity contribution is 5.75. The summed E-state index contributed by atoms with van der Waals surface area (Å²) in [4.78, 5) is 25.4. The second-order valence-corrected chi connectivity index (χ2v) is 9.98. The summed E-state index contributed by atoms with van der Waals surface area (Å²) in [5.74, 6) is 0. The van der Waals surface area contributed by atoms with Crippen LogP contribution in [0, 0.1) is 0 Å². The smallest absolute Gasteiger partial charge is 0.320 e. The maximum Gasteiger partial charge on any atom is 0.320 e. The number of anilines is 1. The van der Waals surface area contributed by atoms with Crippen LogP contribution in [0.2, 0.25) is 0 Å². The van der Waals surface area contributed by atoms with Crippen molar-refractivity contribution in [1.29, 1.82) is 0 Å². The number of piperazine rings is 2. The first-order chi connectivity index (χ1) is 16.1. The highest BCUT2D eigenvalue weighted by atomic mass is 16.2. The van der Waals surface area contributed by atoms with Crippen molar-refractivity contribution in [2.75, 3.05) is 57.3 Å². The number of hydrogen-bond acceptors (Lipinski definition) is 4. The number of nitrogens with zero attached hydrogens (tertiary/aromatic N) is 5. The van der Waals surface area contributed by atoms with Crippen LogP contribution in [-0.2, 0) is 13.1 Å². The molecule has 2 aromatic carbocycles. The molecule has 3 heterocycles. The van der Waals surface area contributed by atoms with Gasteiger partial charge in [0.1, 0.15) is 0 Å². The normalized spacial score (nSPS) is 22.2. The topological polar surface area (TPSA) is 33.3 Å². The fourth-order valence-corrected chi connectivity index (χ4v) is 5.60. The van der Waals surface area contributed by atoms with Crippen molar-refractivity contribution in [3.8, 4) is 0 Å². The Labute approximate surface area is 198 Å². The van der Waals surface area contributed by atoms with Crippen LogP contribution >= 0.6 is 0 Å². The molecule has 2 fully saturated rings. The van der Waals surface area contributed by atoms with Gasteiger partial charge in [-0.15, -0.1) is 0 Å². The van der Waals surface area contributed by atoms with Gasteiger partial charge in [-0.05, 0) is 31.0 Å². The van der Waals surface area contributed by atoms with Crippen molar-refractivity contribution >= 4 is 11.7 Å². The Bertz CT molecular complexity index is 941. The number of carbonyl (C=O) groups excluding carboxylic acids is 1. The van der Waals surface area contributed by atoms with Gasteiger partial charge in [0.25, 0.3) is 0 Å². The second kappa shape index (κ2) is 9.74. The summed E-state index contributed by atoms with van der Waals surface area (Å²) in [7, 11) is 0. The highest BCUT2D eigenvalue weighted by Crippen LogP contribution is 2.31. The largest absolute Gasteiger partial charge is 0.364 e. The molecule has 5 rings (SSSR count). The summed E-state index contributed by atoms with van der Waals surface area (Å²) >= 11 is 0. The Kier molecular flexibility index (Phi) is 6.56. The Morgan fingerprint density at radius 1 is 0.848 bits per heavy atom. The van der Waals surface area contributed by atoms with Gasteiger partial charge < -0.3 is 14.7 Å². The zero-order valence-electron chi connectivity index (χ0n) is 20.1. The van der Waals surface area contributed by atoms with Gasteiger partial charge in [0, 0.05) is 77.2 Å². The van der Waals surface area contributed by atoms with Crippen LogP contribution in [-0.4, -0.2) is 90.1 Å². The summed E-state index contributed by atoms with van der Waals surface area (Å²) in [6.45, 7) is 13.5. The molecule has 2 amide bonds. The number of hydrogen-bond donors (Lipinski definition) is 0. The van der Waals surface area contributed by atoms with E-state index >= 15 is 0 Å². The van der Waals surface area contributed by atoms with Crippen molar-refractivity contribution in [2.45, 2.75) is 39.0 Å². The molecule has 33 heavy (non-hydrogen) atoms. The predicted octanol–water partition coefficient (Wildman–Crippen LogP) is 3.34. The average molecular weight is 448 g/mol. The Hall–Kier alpha value is -2.57. The number of fused-ring (bicyclic) bond motifs is 3. The van der Waals surface area contributed by atoms with Gasteiger partial charge in [0.05, 0.1) is 6.04 Å². The molecule has 176 valence electrons. The van der Waals surface area contributed by atoms with Crippen LogP contribution in [0.15, 0.2) is 54.6 Å². The molecule has 0 aliphatic carbocycles. The summed E-state index contributed by atoms with van der Waals surface area (Å²) in [5, 5.41) is 0. The minimum atomic E-state index is 0.204. The Balaban J connectivity index is 1.33. The fourth-order valence-electron chi connectivity index (χ4n) is 5.60.